The molecule has 5 nitrogen and oxygen atoms in total. The van der Waals surface area contributed by atoms with Gasteiger partial charge in [-0.3, -0.25) is 9.52 Å². The lowest BCUT2D eigenvalue weighted by Gasteiger charge is -2.09. The highest BCUT2D eigenvalue weighted by Crippen LogP contribution is 2.23. The molecular formula is C11H8Cl2N2O3S. The number of aromatic amines is 1. The minimum absolute atomic E-state index is 0.156. The molecule has 2 rings (SSSR count). The van der Waals surface area contributed by atoms with E-state index in [0.29, 0.717) is 0 Å². The number of sulfonamides is 1. The van der Waals surface area contributed by atoms with Gasteiger partial charge in [-0.15, -0.1) is 0 Å². The zero-order chi connectivity index (χ0) is 14.0. The monoisotopic (exact) mass is 318 g/mol. The molecule has 19 heavy (non-hydrogen) atoms. The van der Waals surface area contributed by atoms with Crippen molar-refractivity contribution in [3.05, 3.63) is 56.9 Å². The minimum Gasteiger partial charge on any atom is -0.326 e. The number of H-pyrrole nitrogens is 1. The molecule has 0 aliphatic rings. The average Bonchev–Trinajstić information content (AvgIpc) is 2.35. The number of anilines is 1. The maximum absolute atomic E-state index is 12.1. The van der Waals surface area contributed by atoms with Gasteiger partial charge in [0.1, 0.15) is 9.92 Å². The largest absolute Gasteiger partial charge is 0.326 e. The summed E-state index contributed by atoms with van der Waals surface area (Å²) in [4.78, 5) is 13.2. The third kappa shape index (κ3) is 3.09. The Morgan fingerprint density at radius 3 is 2.42 bits per heavy atom. The van der Waals surface area contributed by atoms with Crippen LogP contribution >= 0.6 is 23.2 Å². The molecule has 8 heteroatoms. The molecule has 0 aliphatic carbocycles. The van der Waals surface area contributed by atoms with Gasteiger partial charge in [-0.2, -0.15) is 0 Å². The van der Waals surface area contributed by atoms with E-state index in [-0.39, 0.29) is 20.6 Å². The van der Waals surface area contributed by atoms with Crippen LogP contribution < -0.4 is 10.3 Å². The molecule has 0 bridgehead atoms. The second-order valence-corrected chi connectivity index (χ2v) is 6.09. The second-order valence-electron chi connectivity index (χ2n) is 3.60. The normalized spacial score (nSPS) is 11.3. The summed E-state index contributed by atoms with van der Waals surface area (Å²) in [6.45, 7) is 0. The molecule has 2 N–H and O–H groups in total. The van der Waals surface area contributed by atoms with Crippen LogP contribution in [0, 0.1) is 0 Å². The molecule has 0 fully saturated rings. The van der Waals surface area contributed by atoms with E-state index in [1.807, 2.05) is 0 Å². The van der Waals surface area contributed by atoms with Crippen LogP contribution in [0.15, 0.2) is 46.2 Å². The summed E-state index contributed by atoms with van der Waals surface area (Å²) in [6.07, 6.45) is 1.06. The maximum Gasteiger partial charge on any atom is 0.266 e. The molecule has 0 atom stereocenters. The smallest absolute Gasteiger partial charge is 0.266 e. The number of para-hydroxylation sites is 1. The van der Waals surface area contributed by atoms with Gasteiger partial charge >= 0.3 is 0 Å². The second kappa shape index (κ2) is 5.24. The highest BCUT2D eigenvalue weighted by molar-refractivity contribution is 7.92. The molecule has 0 radical (unpaired) electrons. The van der Waals surface area contributed by atoms with Crippen molar-refractivity contribution in [3.8, 4) is 0 Å². The summed E-state index contributed by atoms with van der Waals surface area (Å²) in [5, 5.41) is 0.0589. The lowest BCUT2D eigenvalue weighted by atomic mass is 10.3. The molecule has 2 aromatic rings. The van der Waals surface area contributed by atoms with Gasteiger partial charge in [0, 0.05) is 6.20 Å². The first-order valence-electron chi connectivity index (χ1n) is 5.06. The van der Waals surface area contributed by atoms with Crippen molar-refractivity contribution in [2.45, 2.75) is 4.90 Å². The van der Waals surface area contributed by atoms with Crippen LogP contribution in [0.4, 0.5) is 5.69 Å². The number of aromatic nitrogens is 1. The molecule has 0 unspecified atom stereocenters. The van der Waals surface area contributed by atoms with E-state index in [1.54, 1.807) is 18.2 Å². The zero-order valence-electron chi connectivity index (χ0n) is 9.35. The first-order valence-corrected chi connectivity index (χ1v) is 7.29. The summed E-state index contributed by atoms with van der Waals surface area (Å²) < 4.78 is 26.4. The fourth-order valence-corrected chi connectivity index (χ4v) is 2.89. The van der Waals surface area contributed by atoms with E-state index in [4.69, 9.17) is 23.2 Å². The lowest BCUT2D eigenvalue weighted by Crippen LogP contribution is -2.16. The standard InChI is InChI=1S/C11H8Cl2N2O3S/c12-8-3-1-2-4-10(8)15-19(17,18)7-5-9(13)11(16)14-6-7/h1-6,15H,(H,14,16). The third-order valence-corrected chi connectivity index (χ3v) is 4.22. The molecule has 1 heterocycles. The quantitative estimate of drug-likeness (QED) is 0.912. The first-order chi connectivity index (χ1) is 8.90. The molecule has 0 saturated carbocycles. The van der Waals surface area contributed by atoms with Crippen LogP contribution in [0.2, 0.25) is 10.0 Å². The Morgan fingerprint density at radius 1 is 1.11 bits per heavy atom. The minimum atomic E-state index is -3.86. The summed E-state index contributed by atoms with van der Waals surface area (Å²) >= 11 is 11.5. The Labute approximate surface area is 119 Å². The van der Waals surface area contributed by atoms with Crippen LogP contribution in [0.3, 0.4) is 0 Å². The van der Waals surface area contributed by atoms with E-state index in [9.17, 15) is 13.2 Å². The van der Waals surface area contributed by atoms with Crippen LogP contribution in [-0.4, -0.2) is 13.4 Å². The SMILES string of the molecule is O=c1[nH]cc(S(=O)(=O)Nc2ccccc2Cl)cc1Cl. The molecule has 1 aromatic carbocycles. The predicted molar refractivity (Wildman–Crippen MR) is 74.3 cm³/mol. The molecule has 0 spiro atoms. The predicted octanol–water partition coefficient (Wildman–Crippen LogP) is 2.48. The summed E-state index contributed by atoms with van der Waals surface area (Å²) in [5.41, 5.74) is -0.315. The van der Waals surface area contributed by atoms with Crippen LogP contribution in [-0.2, 0) is 10.0 Å². The average molecular weight is 319 g/mol. The number of nitrogens with one attached hydrogen (secondary N) is 2. The molecule has 1 aromatic heterocycles. The molecule has 0 aliphatic heterocycles. The summed E-state index contributed by atoms with van der Waals surface area (Å²) in [5.74, 6) is 0. The number of pyridine rings is 1. The van der Waals surface area contributed by atoms with Crippen molar-refractivity contribution < 1.29 is 8.42 Å². The van der Waals surface area contributed by atoms with Gasteiger partial charge in [0.15, 0.2) is 0 Å². The number of benzene rings is 1. The summed E-state index contributed by atoms with van der Waals surface area (Å²) in [6, 6.07) is 7.46. The van der Waals surface area contributed by atoms with Crippen LogP contribution in [0.25, 0.3) is 0 Å². The van der Waals surface area contributed by atoms with E-state index in [0.717, 1.165) is 12.3 Å². The van der Waals surface area contributed by atoms with Crippen LogP contribution in [0.1, 0.15) is 0 Å². The van der Waals surface area contributed by atoms with Crippen molar-refractivity contribution in [3.63, 3.8) is 0 Å². The topological polar surface area (TPSA) is 79.0 Å². The van der Waals surface area contributed by atoms with Crippen molar-refractivity contribution in [1.29, 1.82) is 0 Å². The zero-order valence-corrected chi connectivity index (χ0v) is 11.7. The van der Waals surface area contributed by atoms with Crippen LogP contribution in [0.5, 0.6) is 0 Å². The van der Waals surface area contributed by atoms with Crippen molar-refractivity contribution in [2.75, 3.05) is 4.72 Å². The molecular weight excluding hydrogens is 311 g/mol. The van der Waals surface area contributed by atoms with E-state index < -0.39 is 15.6 Å². The van der Waals surface area contributed by atoms with Gasteiger partial charge < -0.3 is 4.98 Å². The molecule has 0 saturated heterocycles. The Morgan fingerprint density at radius 2 is 1.79 bits per heavy atom. The van der Waals surface area contributed by atoms with Crippen molar-refractivity contribution in [2.24, 2.45) is 0 Å². The number of halogens is 2. The Bertz CT molecular complexity index is 772. The van der Waals surface area contributed by atoms with E-state index in [1.165, 1.54) is 6.07 Å². The van der Waals surface area contributed by atoms with Gasteiger partial charge in [0.25, 0.3) is 15.6 Å². The van der Waals surface area contributed by atoms with Crippen molar-refractivity contribution in [1.82, 2.24) is 4.98 Å². The number of rotatable bonds is 3. The maximum atomic E-state index is 12.1. The van der Waals surface area contributed by atoms with E-state index >= 15 is 0 Å². The summed E-state index contributed by atoms with van der Waals surface area (Å²) in [7, 11) is -3.86. The van der Waals surface area contributed by atoms with Crippen molar-refractivity contribution >= 4 is 38.9 Å². The van der Waals surface area contributed by atoms with Gasteiger partial charge in [-0.05, 0) is 18.2 Å². The Hall–Kier alpha value is -1.50. The Kier molecular flexibility index (Phi) is 3.84. The fraction of sp³-hybridized carbons (Fsp3) is 0. The highest BCUT2D eigenvalue weighted by atomic mass is 35.5. The van der Waals surface area contributed by atoms with Gasteiger partial charge in [-0.1, -0.05) is 35.3 Å². The first kappa shape index (κ1) is 13.9. The number of hydrogen-bond acceptors (Lipinski definition) is 3. The number of hydrogen-bond donors (Lipinski definition) is 2. The molecule has 0 amide bonds. The molecule has 100 valence electrons. The van der Waals surface area contributed by atoms with Gasteiger partial charge in [0.05, 0.1) is 10.7 Å². The Balaban J connectivity index is 2.41. The third-order valence-electron chi connectivity index (χ3n) is 2.26. The highest BCUT2D eigenvalue weighted by Gasteiger charge is 2.16. The fourth-order valence-electron chi connectivity index (χ4n) is 1.34. The van der Waals surface area contributed by atoms with Gasteiger partial charge in [-0.25, -0.2) is 8.42 Å². The van der Waals surface area contributed by atoms with Gasteiger partial charge in [0.2, 0.25) is 0 Å². The van der Waals surface area contributed by atoms with E-state index in [2.05, 4.69) is 9.71 Å². The lowest BCUT2D eigenvalue weighted by molar-refractivity contribution is 0.600.